The predicted octanol–water partition coefficient (Wildman–Crippen LogP) is 3.62. The van der Waals surface area contributed by atoms with Crippen molar-refractivity contribution in [3.05, 3.63) is 64.2 Å². The van der Waals surface area contributed by atoms with Crippen molar-refractivity contribution in [1.82, 2.24) is 5.32 Å². The molecular formula is C20H23N3O. The fourth-order valence-electron chi connectivity index (χ4n) is 3.84. The lowest BCUT2D eigenvalue weighted by Crippen LogP contribution is -2.44. The third-order valence-electron chi connectivity index (χ3n) is 4.92. The number of hydrazone groups is 1. The number of nitrogens with one attached hydrogen (secondary N) is 2. The number of fused-ring (bicyclic) bond motifs is 3. The Labute approximate surface area is 142 Å². The molecule has 4 heteroatoms. The van der Waals surface area contributed by atoms with Gasteiger partial charge in [-0.3, -0.25) is 5.43 Å². The van der Waals surface area contributed by atoms with Crippen LogP contribution in [0, 0.1) is 20.8 Å². The molecule has 0 radical (unpaired) electrons. The topological polar surface area (TPSA) is 45.7 Å². The smallest absolute Gasteiger partial charge is 0.149 e. The summed E-state index contributed by atoms with van der Waals surface area (Å²) in [4.78, 5) is 0. The van der Waals surface area contributed by atoms with Gasteiger partial charge in [-0.2, -0.15) is 5.10 Å². The number of anilines is 1. The van der Waals surface area contributed by atoms with E-state index in [-0.39, 0.29) is 12.1 Å². The van der Waals surface area contributed by atoms with Crippen molar-refractivity contribution < 1.29 is 4.74 Å². The van der Waals surface area contributed by atoms with E-state index in [0.717, 1.165) is 17.9 Å². The first-order valence-electron chi connectivity index (χ1n) is 8.48. The van der Waals surface area contributed by atoms with E-state index in [4.69, 9.17) is 4.74 Å². The monoisotopic (exact) mass is 321 g/mol. The normalized spacial score (nSPS) is 23.5. The molecule has 24 heavy (non-hydrogen) atoms. The van der Waals surface area contributed by atoms with Gasteiger partial charge in [-0.05, 0) is 43.0 Å². The molecule has 0 spiro atoms. The van der Waals surface area contributed by atoms with Gasteiger partial charge in [-0.25, -0.2) is 0 Å². The molecule has 0 amide bonds. The molecule has 1 heterocycles. The van der Waals surface area contributed by atoms with Gasteiger partial charge in [0.05, 0.1) is 17.8 Å². The van der Waals surface area contributed by atoms with E-state index in [1.807, 2.05) is 0 Å². The third-order valence-corrected chi connectivity index (χ3v) is 4.92. The molecule has 1 aliphatic heterocycles. The van der Waals surface area contributed by atoms with Gasteiger partial charge in [0.25, 0.3) is 0 Å². The molecule has 4 rings (SSSR count). The summed E-state index contributed by atoms with van der Waals surface area (Å²) < 4.78 is 6.03. The summed E-state index contributed by atoms with van der Waals surface area (Å²) in [5.41, 5.74) is 10.7. The van der Waals surface area contributed by atoms with Crippen LogP contribution in [0.4, 0.5) is 5.69 Å². The Morgan fingerprint density at radius 2 is 1.88 bits per heavy atom. The molecule has 0 aromatic heterocycles. The minimum absolute atomic E-state index is 0.204. The van der Waals surface area contributed by atoms with Crippen molar-refractivity contribution in [2.75, 3.05) is 12.0 Å². The fourth-order valence-corrected chi connectivity index (χ4v) is 3.84. The molecule has 1 saturated heterocycles. The van der Waals surface area contributed by atoms with Crippen molar-refractivity contribution in [3.63, 3.8) is 0 Å². The van der Waals surface area contributed by atoms with E-state index in [0.29, 0.717) is 6.61 Å². The first-order chi connectivity index (χ1) is 11.6. The van der Waals surface area contributed by atoms with E-state index in [2.05, 4.69) is 73.0 Å². The second-order valence-electron chi connectivity index (χ2n) is 6.82. The van der Waals surface area contributed by atoms with E-state index in [9.17, 15) is 0 Å². The van der Waals surface area contributed by atoms with Gasteiger partial charge in [-0.15, -0.1) is 0 Å². The Morgan fingerprint density at radius 3 is 2.67 bits per heavy atom. The molecular weight excluding hydrogens is 298 g/mol. The number of hydrogen-bond acceptors (Lipinski definition) is 3. The molecule has 2 N–H and O–H groups in total. The number of hydrogen-bond donors (Lipinski definition) is 2. The summed E-state index contributed by atoms with van der Waals surface area (Å²) in [6, 6.07) is 13.1. The van der Waals surface area contributed by atoms with Crippen molar-refractivity contribution in [3.8, 4) is 0 Å². The molecule has 1 aliphatic carbocycles. The van der Waals surface area contributed by atoms with E-state index in [1.165, 1.54) is 27.8 Å². The minimum Gasteiger partial charge on any atom is -0.367 e. The lowest BCUT2D eigenvalue weighted by molar-refractivity contribution is 0.0468. The Kier molecular flexibility index (Phi) is 3.77. The molecule has 4 nitrogen and oxygen atoms in total. The van der Waals surface area contributed by atoms with Gasteiger partial charge in [0.1, 0.15) is 12.4 Å². The number of aryl methyl sites for hydroxylation is 3. The Bertz CT molecular complexity index is 789. The van der Waals surface area contributed by atoms with Gasteiger partial charge in [0, 0.05) is 6.42 Å². The number of amidine groups is 1. The van der Waals surface area contributed by atoms with E-state index >= 15 is 0 Å². The van der Waals surface area contributed by atoms with Crippen molar-refractivity contribution in [2.45, 2.75) is 39.3 Å². The van der Waals surface area contributed by atoms with Gasteiger partial charge in [0.15, 0.2) is 0 Å². The minimum atomic E-state index is 0.204. The maximum absolute atomic E-state index is 6.03. The first-order valence-corrected chi connectivity index (χ1v) is 8.48. The molecule has 2 aromatic carbocycles. The zero-order valence-electron chi connectivity index (χ0n) is 14.4. The average molecular weight is 321 g/mol. The van der Waals surface area contributed by atoms with Gasteiger partial charge in [-0.1, -0.05) is 42.0 Å². The second-order valence-corrected chi connectivity index (χ2v) is 6.82. The summed E-state index contributed by atoms with van der Waals surface area (Å²) in [6.45, 7) is 6.85. The number of rotatable bonds is 2. The van der Waals surface area contributed by atoms with Gasteiger partial charge < -0.3 is 10.1 Å². The number of morpholine rings is 1. The molecule has 2 aromatic rings. The molecule has 1 fully saturated rings. The van der Waals surface area contributed by atoms with Gasteiger partial charge in [0.2, 0.25) is 0 Å². The molecule has 124 valence electrons. The highest BCUT2D eigenvalue weighted by Gasteiger charge is 2.36. The number of benzene rings is 2. The van der Waals surface area contributed by atoms with E-state index < -0.39 is 0 Å². The number of ether oxygens (including phenoxy) is 1. The van der Waals surface area contributed by atoms with Crippen molar-refractivity contribution in [1.29, 1.82) is 0 Å². The zero-order valence-corrected chi connectivity index (χ0v) is 14.4. The third kappa shape index (κ3) is 2.67. The average Bonchev–Trinajstić information content (AvgIpc) is 2.92. The second kappa shape index (κ2) is 5.95. The SMILES string of the molecule is Cc1cc(C)c(N/N=C2/CO[C@H]3Cc4ccccc4[C@H]3N2)c(C)c1. The largest absolute Gasteiger partial charge is 0.367 e. The standard InChI is InChI=1S/C20H23N3O/c1-12-8-13(2)19(14(3)9-12)23-22-18-11-24-17-10-15-6-4-5-7-16(15)20(17)21-18/h4-9,17,20,23H,10-11H2,1-3H3,(H,21,22)/t17-,20+/m0/s1. The summed E-state index contributed by atoms with van der Waals surface area (Å²) in [5, 5.41) is 8.12. The Balaban J connectivity index is 1.54. The van der Waals surface area contributed by atoms with Crippen LogP contribution in [0.15, 0.2) is 41.5 Å². The zero-order chi connectivity index (χ0) is 16.7. The molecule has 2 atom stereocenters. The van der Waals surface area contributed by atoms with Crippen LogP contribution in [-0.2, 0) is 11.2 Å². The summed E-state index contributed by atoms with van der Waals surface area (Å²) in [6.07, 6.45) is 1.19. The highest BCUT2D eigenvalue weighted by atomic mass is 16.5. The summed E-state index contributed by atoms with van der Waals surface area (Å²) in [7, 11) is 0. The predicted molar refractivity (Wildman–Crippen MR) is 97.5 cm³/mol. The van der Waals surface area contributed by atoms with Crippen LogP contribution >= 0.6 is 0 Å². The highest BCUT2D eigenvalue weighted by molar-refractivity contribution is 5.85. The lowest BCUT2D eigenvalue weighted by Gasteiger charge is -2.29. The Morgan fingerprint density at radius 1 is 1.12 bits per heavy atom. The van der Waals surface area contributed by atoms with Crippen LogP contribution in [0.5, 0.6) is 0 Å². The van der Waals surface area contributed by atoms with Crippen LogP contribution in [0.3, 0.4) is 0 Å². The lowest BCUT2D eigenvalue weighted by atomic mass is 10.1. The first kappa shape index (κ1) is 15.2. The summed E-state index contributed by atoms with van der Waals surface area (Å²) >= 11 is 0. The Hall–Kier alpha value is -2.33. The maximum Gasteiger partial charge on any atom is 0.149 e. The number of nitrogens with zero attached hydrogens (tertiary/aromatic N) is 1. The molecule has 0 unspecified atom stereocenters. The molecule has 0 bridgehead atoms. The van der Waals surface area contributed by atoms with Crippen molar-refractivity contribution >= 4 is 11.5 Å². The van der Waals surface area contributed by atoms with Crippen LogP contribution in [0.1, 0.15) is 33.9 Å². The maximum atomic E-state index is 6.03. The summed E-state index contributed by atoms with van der Waals surface area (Å²) in [5.74, 6) is 0.854. The molecule has 0 saturated carbocycles. The molecule has 2 aliphatic rings. The van der Waals surface area contributed by atoms with Crippen LogP contribution in [0.25, 0.3) is 0 Å². The van der Waals surface area contributed by atoms with Crippen LogP contribution in [-0.4, -0.2) is 18.5 Å². The van der Waals surface area contributed by atoms with E-state index in [1.54, 1.807) is 0 Å². The van der Waals surface area contributed by atoms with Crippen LogP contribution < -0.4 is 10.7 Å². The highest BCUT2D eigenvalue weighted by Crippen LogP contribution is 2.35. The van der Waals surface area contributed by atoms with Crippen LogP contribution in [0.2, 0.25) is 0 Å². The fraction of sp³-hybridized carbons (Fsp3) is 0.350. The quantitative estimate of drug-likeness (QED) is 0.831. The van der Waals surface area contributed by atoms with Gasteiger partial charge >= 0.3 is 0 Å². The van der Waals surface area contributed by atoms with Crippen molar-refractivity contribution in [2.24, 2.45) is 5.10 Å².